The zero-order chi connectivity index (χ0) is 27.3. The molecular weight excluding hydrogens is 493 g/mol. The van der Waals surface area contributed by atoms with E-state index in [1.54, 1.807) is 12.1 Å². The van der Waals surface area contributed by atoms with Gasteiger partial charge < -0.3 is 15.1 Å². The summed E-state index contributed by atoms with van der Waals surface area (Å²) >= 11 is 0. The summed E-state index contributed by atoms with van der Waals surface area (Å²) in [5, 5.41) is 2.98. The molecule has 2 aromatic carbocycles. The van der Waals surface area contributed by atoms with Crippen LogP contribution in [0.4, 0.5) is 18.9 Å². The molecule has 2 aliphatic rings. The van der Waals surface area contributed by atoms with E-state index in [4.69, 9.17) is 0 Å². The Morgan fingerprint density at radius 1 is 0.974 bits per heavy atom. The molecular formula is C29H37F3N4O2. The second kappa shape index (κ2) is 12.2. The Balaban J connectivity index is 1.41. The van der Waals surface area contributed by atoms with Gasteiger partial charge in [0.25, 0.3) is 5.92 Å². The van der Waals surface area contributed by atoms with Crippen molar-refractivity contribution >= 4 is 17.5 Å². The molecule has 0 saturated carbocycles. The van der Waals surface area contributed by atoms with Crippen LogP contribution in [0.15, 0.2) is 48.5 Å². The van der Waals surface area contributed by atoms with Crippen LogP contribution >= 0.6 is 0 Å². The number of alkyl halides is 2. The molecule has 4 rings (SSSR count). The van der Waals surface area contributed by atoms with E-state index in [1.165, 1.54) is 11.0 Å². The van der Waals surface area contributed by atoms with Crippen LogP contribution in [0.25, 0.3) is 0 Å². The van der Waals surface area contributed by atoms with Gasteiger partial charge in [-0.05, 0) is 36.1 Å². The predicted octanol–water partition coefficient (Wildman–Crippen LogP) is 4.40. The molecule has 38 heavy (non-hydrogen) atoms. The van der Waals surface area contributed by atoms with Crippen molar-refractivity contribution in [1.82, 2.24) is 15.1 Å². The second-order valence-electron chi connectivity index (χ2n) is 10.2. The second-order valence-corrected chi connectivity index (χ2v) is 10.2. The van der Waals surface area contributed by atoms with Gasteiger partial charge in [-0.25, -0.2) is 13.2 Å². The Labute approximate surface area is 222 Å². The summed E-state index contributed by atoms with van der Waals surface area (Å²) in [4.78, 5) is 30.9. The Bertz CT molecular complexity index is 1100. The lowest BCUT2D eigenvalue weighted by Crippen LogP contribution is -2.51. The van der Waals surface area contributed by atoms with Gasteiger partial charge in [0.05, 0.1) is 18.7 Å². The van der Waals surface area contributed by atoms with Gasteiger partial charge in [0.15, 0.2) is 0 Å². The van der Waals surface area contributed by atoms with E-state index in [0.29, 0.717) is 37.4 Å². The molecule has 1 atom stereocenters. The summed E-state index contributed by atoms with van der Waals surface area (Å²) in [6.07, 6.45) is 1.51. The first-order valence-electron chi connectivity index (χ1n) is 13.5. The molecule has 206 valence electrons. The fourth-order valence-electron chi connectivity index (χ4n) is 5.34. The molecule has 0 bridgehead atoms. The molecule has 2 heterocycles. The van der Waals surface area contributed by atoms with Crippen LogP contribution in [0.5, 0.6) is 0 Å². The van der Waals surface area contributed by atoms with E-state index in [0.717, 1.165) is 18.4 Å². The average Bonchev–Trinajstić information content (AvgIpc) is 3.28. The van der Waals surface area contributed by atoms with Crippen molar-refractivity contribution in [2.45, 2.75) is 57.5 Å². The van der Waals surface area contributed by atoms with E-state index in [-0.39, 0.29) is 43.1 Å². The Hall–Kier alpha value is -3.07. The molecule has 0 spiro atoms. The summed E-state index contributed by atoms with van der Waals surface area (Å²) in [7, 11) is 0. The lowest BCUT2D eigenvalue weighted by Gasteiger charge is -2.40. The van der Waals surface area contributed by atoms with E-state index >= 15 is 4.39 Å². The fourth-order valence-corrected chi connectivity index (χ4v) is 5.34. The third kappa shape index (κ3) is 6.67. The van der Waals surface area contributed by atoms with Crippen molar-refractivity contribution in [3.63, 3.8) is 0 Å². The number of hydrogen-bond acceptors (Lipinski definition) is 4. The number of likely N-dealkylation sites (tertiary alicyclic amines) is 1. The van der Waals surface area contributed by atoms with Crippen molar-refractivity contribution in [2.24, 2.45) is 0 Å². The molecule has 2 saturated heterocycles. The molecule has 6 nitrogen and oxygen atoms in total. The van der Waals surface area contributed by atoms with Crippen molar-refractivity contribution in [1.29, 1.82) is 0 Å². The van der Waals surface area contributed by atoms with E-state index < -0.39 is 18.5 Å². The summed E-state index contributed by atoms with van der Waals surface area (Å²) in [6.45, 7) is 5.46. The normalized spacial score (nSPS) is 18.6. The van der Waals surface area contributed by atoms with E-state index in [9.17, 15) is 18.4 Å². The zero-order valence-corrected chi connectivity index (χ0v) is 22.1. The largest absolute Gasteiger partial charge is 0.367 e. The zero-order valence-electron chi connectivity index (χ0n) is 22.1. The topological polar surface area (TPSA) is 55.9 Å². The molecule has 0 aliphatic carbocycles. The van der Waals surface area contributed by atoms with E-state index in [1.807, 2.05) is 54.0 Å². The lowest BCUT2D eigenvalue weighted by atomic mass is 10.0. The van der Waals surface area contributed by atoms with Gasteiger partial charge in [0.1, 0.15) is 11.9 Å². The van der Waals surface area contributed by atoms with Crippen molar-refractivity contribution < 1.29 is 22.8 Å². The minimum atomic E-state index is -2.85. The molecule has 9 heteroatoms. The van der Waals surface area contributed by atoms with Gasteiger partial charge in [0.2, 0.25) is 11.8 Å². The maximum atomic E-state index is 15.1. The van der Waals surface area contributed by atoms with Gasteiger partial charge >= 0.3 is 0 Å². The van der Waals surface area contributed by atoms with Crippen molar-refractivity contribution in [3.05, 3.63) is 65.5 Å². The first-order valence-corrected chi connectivity index (χ1v) is 13.5. The number of nitrogens with zero attached hydrogens (tertiary/aromatic N) is 3. The number of amides is 2. The number of hydrogen-bond donors (Lipinski definition) is 1. The number of carbonyl (C=O) groups excluding carboxylic acids is 2. The first-order chi connectivity index (χ1) is 18.2. The van der Waals surface area contributed by atoms with Crippen LogP contribution in [0.3, 0.4) is 0 Å². The quantitative estimate of drug-likeness (QED) is 0.522. The molecule has 2 aliphatic heterocycles. The third-order valence-electron chi connectivity index (χ3n) is 7.58. The third-order valence-corrected chi connectivity index (χ3v) is 7.58. The first kappa shape index (κ1) is 28.0. The maximum absolute atomic E-state index is 15.1. The number of anilines is 1. The van der Waals surface area contributed by atoms with Crippen LogP contribution in [0, 0.1) is 5.82 Å². The van der Waals surface area contributed by atoms with Crippen molar-refractivity contribution in [3.8, 4) is 0 Å². The monoisotopic (exact) mass is 530 g/mol. The smallest absolute Gasteiger partial charge is 0.267 e. The summed E-state index contributed by atoms with van der Waals surface area (Å²) in [5.74, 6) is -3.68. The minimum Gasteiger partial charge on any atom is -0.367 e. The maximum Gasteiger partial charge on any atom is 0.267 e. The van der Waals surface area contributed by atoms with Gasteiger partial charge in [-0.3, -0.25) is 14.5 Å². The molecule has 2 amide bonds. The highest BCUT2D eigenvalue weighted by Crippen LogP contribution is 2.32. The van der Waals surface area contributed by atoms with Gasteiger partial charge in [0, 0.05) is 45.2 Å². The highest BCUT2D eigenvalue weighted by atomic mass is 19.3. The molecule has 1 N–H and O–H groups in total. The SMILES string of the molecule is CCC(CC)NC(=O)Cc1ccc(N2CCN(C(C(=O)N3CCC(F)(F)C3)c3ccccc3)CC2)c(F)c1. The minimum absolute atomic E-state index is 0.0439. The number of halogens is 3. The molecule has 1 unspecified atom stereocenters. The lowest BCUT2D eigenvalue weighted by molar-refractivity contribution is -0.138. The van der Waals surface area contributed by atoms with Crippen LogP contribution in [0.1, 0.15) is 50.3 Å². The summed E-state index contributed by atoms with van der Waals surface area (Å²) in [5.41, 5.74) is 1.84. The van der Waals surface area contributed by atoms with Crippen molar-refractivity contribution in [2.75, 3.05) is 44.2 Å². The Morgan fingerprint density at radius 2 is 1.66 bits per heavy atom. The number of piperazine rings is 1. The van der Waals surface area contributed by atoms with Gasteiger partial charge in [-0.2, -0.15) is 0 Å². The highest BCUT2D eigenvalue weighted by Gasteiger charge is 2.43. The molecule has 0 radical (unpaired) electrons. The Kier molecular flexibility index (Phi) is 8.97. The van der Waals surface area contributed by atoms with Gasteiger partial charge in [-0.1, -0.05) is 50.2 Å². The van der Waals surface area contributed by atoms with Crippen LogP contribution < -0.4 is 10.2 Å². The fraction of sp³-hybridized carbons (Fsp3) is 0.517. The van der Waals surface area contributed by atoms with Crippen LogP contribution in [-0.2, 0) is 16.0 Å². The molecule has 2 fully saturated rings. The molecule has 2 aromatic rings. The number of carbonyl (C=O) groups is 2. The standard InChI is InChI=1S/C29H37F3N4O2/c1-3-23(4-2)33-26(37)19-21-10-11-25(24(30)18-21)34-14-16-35(17-15-34)27(22-8-6-5-7-9-22)28(38)36-13-12-29(31,32)20-36/h5-11,18,23,27H,3-4,12-17,19-20H2,1-2H3,(H,33,37). The highest BCUT2D eigenvalue weighted by molar-refractivity contribution is 5.84. The van der Waals surface area contributed by atoms with Crippen LogP contribution in [0.2, 0.25) is 0 Å². The number of rotatable bonds is 9. The Morgan fingerprint density at radius 3 is 2.24 bits per heavy atom. The summed E-state index contributed by atoms with van der Waals surface area (Å²) in [6, 6.07) is 13.6. The van der Waals surface area contributed by atoms with E-state index in [2.05, 4.69) is 5.32 Å². The predicted molar refractivity (Wildman–Crippen MR) is 142 cm³/mol. The summed E-state index contributed by atoms with van der Waals surface area (Å²) < 4.78 is 42.8. The number of benzene rings is 2. The van der Waals surface area contributed by atoms with Gasteiger partial charge in [-0.15, -0.1) is 0 Å². The number of nitrogens with one attached hydrogen (secondary N) is 1. The average molecular weight is 531 g/mol. The molecule has 0 aromatic heterocycles. The van der Waals surface area contributed by atoms with Crippen LogP contribution in [-0.4, -0.2) is 72.8 Å².